The molecule has 0 unspecified atom stereocenters. The van der Waals surface area contributed by atoms with E-state index >= 15 is 0 Å². The van der Waals surface area contributed by atoms with E-state index in [1.807, 2.05) is 0 Å². The van der Waals surface area contributed by atoms with Gasteiger partial charge in [0.05, 0.1) is 8.07 Å². The van der Waals surface area contributed by atoms with E-state index in [4.69, 9.17) is 0 Å². The van der Waals surface area contributed by atoms with Crippen molar-refractivity contribution >= 4 is 13.9 Å². The summed E-state index contributed by atoms with van der Waals surface area (Å²) in [5.41, 5.74) is 0.295. The van der Waals surface area contributed by atoms with E-state index in [1.165, 1.54) is 0 Å². The molecule has 0 rings (SSSR count). The summed E-state index contributed by atoms with van der Waals surface area (Å²) in [6, 6.07) is 0. The maximum atomic E-state index is 12.0. The number of carbonyl (C=O) groups is 1. The van der Waals surface area contributed by atoms with Crippen molar-refractivity contribution in [2.24, 2.45) is 0 Å². The van der Waals surface area contributed by atoms with Crippen molar-refractivity contribution in [1.82, 2.24) is 0 Å². The van der Waals surface area contributed by atoms with Gasteiger partial charge in [0.25, 0.3) is 0 Å². The van der Waals surface area contributed by atoms with Crippen LogP contribution in [0.4, 0.5) is 0 Å². The largest absolute Gasteiger partial charge is 0.300 e. The van der Waals surface area contributed by atoms with Gasteiger partial charge in [-0.15, -0.1) is 0 Å². The molecule has 0 aromatic rings. The van der Waals surface area contributed by atoms with E-state index in [-0.39, 0.29) is 0 Å². The molecule has 1 atom stereocenters. The number of ketones is 1. The minimum atomic E-state index is -1.47. The van der Waals surface area contributed by atoms with E-state index < -0.39 is 8.07 Å². The van der Waals surface area contributed by atoms with Crippen LogP contribution in [-0.2, 0) is 4.79 Å². The van der Waals surface area contributed by atoms with E-state index in [9.17, 15) is 4.79 Å². The summed E-state index contributed by atoms with van der Waals surface area (Å²) >= 11 is 0. The van der Waals surface area contributed by atoms with Crippen LogP contribution in [0.3, 0.4) is 0 Å². The van der Waals surface area contributed by atoms with E-state index in [2.05, 4.69) is 47.7 Å². The van der Waals surface area contributed by atoms with E-state index in [0.717, 1.165) is 19.3 Å². The third-order valence-electron chi connectivity index (χ3n) is 4.28. The van der Waals surface area contributed by atoms with Crippen molar-refractivity contribution in [3.05, 3.63) is 0 Å². The number of unbranched alkanes of at least 4 members (excludes halogenated alkanes) is 1. The molecule has 2 heteroatoms. The summed E-state index contributed by atoms with van der Waals surface area (Å²) in [6.07, 6.45) is 2.96. The average molecular weight is 228 g/mol. The van der Waals surface area contributed by atoms with Crippen molar-refractivity contribution in [3.8, 4) is 0 Å². The summed E-state index contributed by atoms with van der Waals surface area (Å²) in [7, 11) is -1.47. The summed E-state index contributed by atoms with van der Waals surface area (Å²) in [5, 5.41) is 0.314. The number of hydrogen-bond acceptors (Lipinski definition) is 1. The van der Waals surface area contributed by atoms with Crippen LogP contribution in [-0.4, -0.2) is 13.9 Å². The Bertz CT molecular complexity index is 213. The van der Waals surface area contributed by atoms with E-state index in [1.54, 1.807) is 0 Å². The molecule has 0 fully saturated rings. The van der Waals surface area contributed by atoms with Gasteiger partial charge in [0, 0.05) is 12.0 Å². The van der Waals surface area contributed by atoms with Gasteiger partial charge >= 0.3 is 0 Å². The van der Waals surface area contributed by atoms with Crippen LogP contribution in [0.15, 0.2) is 0 Å². The monoisotopic (exact) mass is 228 g/mol. The molecule has 0 amide bonds. The van der Waals surface area contributed by atoms with Crippen molar-refractivity contribution < 1.29 is 4.79 Å². The molecule has 0 aromatic carbocycles. The minimum absolute atomic E-state index is 0.295. The second-order valence-electron chi connectivity index (χ2n) is 6.26. The predicted octanol–water partition coefficient (Wildman–Crippen LogP) is 4.64. The Hall–Kier alpha value is -0.113. The number of hydrogen-bond donors (Lipinski definition) is 0. The summed E-state index contributed by atoms with van der Waals surface area (Å²) in [6.45, 7) is 15.8. The molecule has 15 heavy (non-hydrogen) atoms. The van der Waals surface area contributed by atoms with Crippen LogP contribution in [0.25, 0.3) is 0 Å². The predicted molar refractivity (Wildman–Crippen MR) is 71.2 cm³/mol. The van der Waals surface area contributed by atoms with Crippen molar-refractivity contribution in [2.45, 2.75) is 77.6 Å². The molecular weight excluding hydrogens is 200 g/mol. The highest BCUT2D eigenvalue weighted by Crippen LogP contribution is 2.44. The number of rotatable bonds is 5. The third kappa shape index (κ3) is 3.75. The summed E-state index contributed by atoms with van der Waals surface area (Å²) < 4.78 is 0. The zero-order valence-corrected chi connectivity index (χ0v) is 12.6. The maximum Gasteiger partial charge on any atom is 0.133 e. The fraction of sp³-hybridized carbons (Fsp3) is 0.923. The molecule has 0 saturated heterocycles. The van der Waals surface area contributed by atoms with Crippen molar-refractivity contribution in [1.29, 1.82) is 0 Å². The second-order valence-corrected chi connectivity index (χ2v) is 12.1. The number of Topliss-reactive ketones (excluding diaryl/α,β-unsaturated/α-hetero) is 1. The molecule has 0 saturated carbocycles. The van der Waals surface area contributed by atoms with Crippen molar-refractivity contribution in [2.75, 3.05) is 0 Å². The second kappa shape index (κ2) is 5.29. The number of carbonyl (C=O) groups excluding carboxylic acids is 1. The average Bonchev–Trinajstić information content (AvgIpc) is 2.10. The van der Waals surface area contributed by atoms with Gasteiger partial charge in [-0.3, -0.25) is 4.79 Å². The lowest BCUT2D eigenvalue weighted by Gasteiger charge is -2.41. The maximum absolute atomic E-state index is 12.0. The van der Waals surface area contributed by atoms with Crippen LogP contribution >= 0.6 is 0 Å². The quantitative estimate of drug-likeness (QED) is 0.626. The van der Waals surface area contributed by atoms with Gasteiger partial charge in [-0.25, -0.2) is 0 Å². The zero-order chi connectivity index (χ0) is 12.3. The molecule has 0 N–H and O–H groups in total. The Morgan fingerprint density at radius 3 is 2.07 bits per heavy atom. The highest BCUT2D eigenvalue weighted by molar-refractivity contribution is 6.84. The van der Waals surface area contributed by atoms with Crippen LogP contribution < -0.4 is 0 Å². The normalized spacial score (nSPS) is 15.1. The highest BCUT2D eigenvalue weighted by Gasteiger charge is 2.42. The molecule has 1 nitrogen and oxygen atoms in total. The summed E-state index contributed by atoms with van der Waals surface area (Å²) in [4.78, 5) is 12.0. The molecular formula is C13H28OSi. The SMILES string of the molecule is CCCCC(=O)[C@H](C)[Si](C)(C)C(C)(C)C. The molecule has 0 aliphatic heterocycles. The van der Waals surface area contributed by atoms with Gasteiger partial charge < -0.3 is 0 Å². The molecule has 0 aromatic heterocycles. The Balaban J connectivity index is 4.55. The zero-order valence-electron chi connectivity index (χ0n) is 11.6. The van der Waals surface area contributed by atoms with Crippen LogP contribution in [0.5, 0.6) is 0 Å². The molecule has 0 heterocycles. The Morgan fingerprint density at radius 2 is 1.73 bits per heavy atom. The Morgan fingerprint density at radius 1 is 1.27 bits per heavy atom. The lowest BCUT2D eigenvalue weighted by Crippen LogP contribution is -2.44. The lowest BCUT2D eigenvalue weighted by atomic mass is 10.1. The first kappa shape index (κ1) is 14.9. The van der Waals surface area contributed by atoms with Crippen molar-refractivity contribution in [3.63, 3.8) is 0 Å². The molecule has 0 aliphatic carbocycles. The topological polar surface area (TPSA) is 17.1 Å². The molecule has 0 spiro atoms. The highest BCUT2D eigenvalue weighted by atomic mass is 28.3. The van der Waals surface area contributed by atoms with Gasteiger partial charge in [-0.1, -0.05) is 54.1 Å². The molecule has 90 valence electrons. The first-order valence-electron chi connectivity index (χ1n) is 6.17. The Labute approximate surface area is 96.7 Å². The smallest absolute Gasteiger partial charge is 0.133 e. The third-order valence-corrected chi connectivity index (χ3v) is 10.6. The van der Waals surface area contributed by atoms with Crippen LogP contribution in [0.1, 0.15) is 53.9 Å². The molecule has 0 radical (unpaired) electrons. The lowest BCUT2D eigenvalue weighted by molar-refractivity contribution is -0.119. The van der Waals surface area contributed by atoms with Gasteiger partial charge in [-0.05, 0) is 11.5 Å². The summed E-state index contributed by atoms with van der Waals surface area (Å²) in [5.74, 6) is 0.489. The molecule has 0 bridgehead atoms. The van der Waals surface area contributed by atoms with Gasteiger partial charge in [-0.2, -0.15) is 0 Å². The standard InChI is InChI=1S/C13H28OSi/c1-8-9-10-12(14)11(2)15(6,7)13(3,4)5/h11H,8-10H2,1-7H3/t11-/m0/s1. The minimum Gasteiger partial charge on any atom is -0.300 e. The van der Waals surface area contributed by atoms with Gasteiger partial charge in [0.1, 0.15) is 5.78 Å². The van der Waals surface area contributed by atoms with Gasteiger partial charge in [0.2, 0.25) is 0 Å². The van der Waals surface area contributed by atoms with E-state index in [0.29, 0.717) is 16.4 Å². The van der Waals surface area contributed by atoms with Crippen LogP contribution in [0.2, 0.25) is 23.7 Å². The fourth-order valence-electron chi connectivity index (χ4n) is 1.62. The first-order chi connectivity index (χ1) is 6.64. The fourth-order valence-corrected chi connectivity index (χ4v) is 3.87. The first-order valence-corrected chi connectivity index (χ1v) is 9.25. The van der Waals surface area contributed by atoms with Crippen LogP contribution in [0, 0.1) is 0 Å². The Kier molecular flexibility index (Phi) is 5.25. The molecule has 0 aliphatic rings. The van der Waals surface area contributed by atoms with Gasteiger partial charge in [0.15, 0.2) is 0 Å².